The van der Waals surface area contributed by atoms with Gasteiger partial charge in [0.15, 0.2) is 0 Å². The highest BCUT2D eigenvalue weighted by molar-refractivity contribution is 7.79. The van der Waals surface area contributed by atoms with Gasteiger partial charge in [0, 0.05) is 11.3 Å². The van der Waals surface area contributed by atoms with Gasteiger partial charge in [-0.1, -0.05) is 18.2 Å². The van der Waals surface area contributed by atoms with E-state index >= 15 is 0 Å². The van der Waals surface area contributed by atoms with Crippen LogP contribution >= 0.6 is 24.0 Å². The Morgan fingerprint density at radius 3 is 2.63 bits per heavy atom. The third-order valence-corrected chi connectivity index (χ3v) is 4.79. The van der Waals surface area contributed by atoms with Crippen LogP contribution in [0.15, 0.2) is 36.4 Å². The van der Waals surface area contributed by atoms with Crippen molar-refractivity contribution in [3.63, 3.8) is 0 Å². The largest absolute Gasteiger partial charge is 0.236 e. The second kappa shape index (κ2) is 4.99. The highest BCUT2D eigenvalue weighted by Gasteiger charge is 2.10. The third kappa shape index (κ3) is 2.28. The zero-order chi connectivity index (χ0) is 13.4. The lowest BCUT2D eigenvalue weighted by molar-refractivity contribution is 1.27. The molecule has 2 aromatic carbocycles. The molecule has 0 radical (unpaired) electrons. The van der Waals surface area contributed by atoms with Crippen LogP contribution in [0.1, 0.15) is 16.7 Å². The molecule has 0 fully saturated rings. The van der Waals surface area contributed by atoms with Crippen LogP contribution in [0.5, 0.6) is 0 Å². The van der Waals surface area contributed by atoms with E-state index in [4.69, 9.17) is 4.98 Å². The fourth-order valence-corrected chi connectivity index (χ4v) is 3.65. The molecule has 0 saturated heterocycles. The summed E-state index contributed by atoms with van der Waals surface area (Å²) in [4.78, 5) is 4.74. The zero-order valence-electron chi connectivity index (χ0n) is 11.0. The Balaban J connectivity index is 2.18. The maximum Gasteiger partial charge on any atom is 0.124 e. The maximum atomic E-state index is 4.74. The van der Waals surface area contributed by atoms with Crippen LogP contribution in [0.3, 0.4) is 0 Å². The molecule has 1 aromatic heterocycles. The SMILES string of the molecule is Cc1cc(-c2nc3ccccc3s2)c(C)cc1CS. The smallest absolute Gasteiger partial charge is 0.124 e. The third-order valence-electron chi connectivity index (χ3n) is 3.38. The van der Waals surface area contributed by atoms with Gasteiger partial charge in [-0.25, -0.2) is 4.98 Å². The van der Waals surface area contributed by atoms with E-state index in [1.165, 1.54) is 27.0 Å². The fourth-order valence-electron chi connectivity index (χ4n) is 2.26. The summed E-state index contributed by atoms with van der Waals surface area (Å²) in [6, 6.07) is 12.8. The van der Waals surface area contributed by atoms with Gasteiger partial charge in [-0.3, -0.25) is 0 Å². The summed E-state index contributed by atoms with van der Waals surface area (Å²) in [6.45, 7) is 4.29. The lowest BCUT2D eigenvalue weighted by Gasteiger charge is -2.08. The highest BCUT2D eigenvalue weighted by atomic mass is 32.1. The molecule has 1 heterocycles. The summed E-state index contributed by atoms with van der Waals surface area (Å²) in [6.07, 6.45) is 0. The molecule has 3 rings (SSSR count). The first-order valence-corrected chi connectivity index (χ1v) is 7.71. The highest BCUT2D eigenvalue weighted by Crippen LogP contribution is 2.33. The van der Waals surface area contributed by atoms with E-state index in [1.54, 1.807) is 11.3 Å². The topological polar surface area (TPSA) is 12.9 Å². The molecule has 3 aromatic rings. The van der Waals surface area contributed by atoms with E-state index in [0.717, 1.165) is 16.3 Å². The van der Waals surface area contributed by atoms with E-state index in [0.29, 0.717) is 0 Å². The van der Waals surface area contributed by atoms with E-state index in [-0.39, 0.29) is 0 Å². The summed E-state index contributed by atoms with van der Waals surface area (Å²) < 4.78 is 1.24. The van der Waals surface area contributed by atoms with E-state index in [1.807, 2.05) is 6.07 Å². The number of fused-ring (bicyclic) bond motifs is 1. The second-order valence-corrected chi connectivity index (χ2v) is 6.09. The Morgan fingerprint density at radius 1 is 1.11 bits per heavy atom. The number of nitrogens with zero attached hydrogens (tertiary/aromatic N) is 1. The molecule has 0 N–H and O–H groups in total. The van der Waals surface area contributed by atoms with Crippen molar-refractivity contribution in [3.05, 3.63) is 53.1 Å². The molecule has 0 aliphatic carbocycles. The molecule has 0 aliphatic rings. The van der Waals surface area contributed by atoms with Gasteiger partial charge in [-0.05, 0) is 48.7 Å². The second-order valence-electron chi connectivity index (χ2n) is 4.74. The number of aryl methyl sites for hydroxylation is 2. The molecular weight excluding hydrogens is 270 g/mol. The van der Waals surface area contributed by atoms with Crippen molar-refractivity contribution in [1.82, 2.24) is 4.98 Å². The van der Waals surface area contributed by atoms with Crippen LogP contribution in [0, 0.1) is 13.8 Å². The predicted octanol–water partition coefficient (Wildman–Crippen LogP) is 5.01. The number of hydrogen-bond donors (Lipinski definition) is 1. The summed E-state index contributed by atoms with van der Waals surface area (Å²) in [5, 5.41) is 1.10. The van der Waals surface area contributed by atoms with Crippen LogP contribution in [-0.2, 0) is 5.75 Å². The molecule has 0 amide bonds. The van der Waals surface area contributed by atoms with Gasteiger partial charge in [0.25, 0.3) is 0 Å². The van der Waals surface area contributed by atoms with Crippen molar-refractivity contribution in [2.45, 2.75) is 19.6 Å². The molecule has 0 bridgehead atoms. The standard InChI is InChI=1S/C16H15NS2/c1-10-8-13(11(2)7-12(10)9-18)16-17-14-5-3-4-6-15(14)19-16/h3-8,18H,9H2,1-2H3. The van der Waals surface area contributed by atoms with Crippen LogP contribution in [0.25, 0.3) is 20.8 Å². The average Bonchev–Trinajstić information content (AvgIpc) is 2.84. The molecule has 0 saturated carbocycles. The lowest BCUT2D eigenvalue weighted by atomic mass is 10.0. The Morgan fingerprint density at radius 2 is 1.89 bits per heavy atom. The Kier molecular flexibility index (Phi) is 3.33. The Hall–Kier alpha value is -1.32. The van der Waals surface area contributed by atoms with Crippen molar-refractivity contribution in [2.75, 3.05) is 0 Å². The summed E-state index contributed by atoms with van der Waals surface area (Å²) in [5.41, 5.74) is 6.18. The summed E-state index contributed by atoms with van der Waals surface area (Å²) in [7, 11) is 0. The summed E-state index contributed by atoms with van der Waals surface area (Å²) in [5.74, 6) is 0.785. The van der Waals surface area contributed by atoms with Gasteiger partial charge in [0.1, 0.15) is 5.01 Å². The predicted molar refractivity (Wildman–Crippen MR) is 87.2 cm³/mol. The molecule has 96 valence electrons. The fraction of sp³-hybridized carbons (Fsp3) is 0.188. The number of hydrogen-bond acceptors (Lipinski definition) is 3. The van der Waals surface area contributed by atoms with Gasteiger partial charge in [-0.15, -0.1) is 11.3 Å². The molecule has 3 heteroatoms. The van der Waals surface area contributed by atoms with Crippen LogP contribution < -0.4 is 0 Å². The van der Waals surface area contributed by atoms with Crippen molar-refractivity contribution in [2.24, 2.45) is 0 Å². The van der Waals surface area contributed by atoms with Gasteiger partial charge in [-0.2, -0.15) is 12.6 Å². The molecule has 0 atom stereocenters. The molecular formula is C16H15NS2. The summed E-state index contributed by atoms with van der Waals surface area (Å²) >= 11 is 6.13. The Bertz CT molecular complexity index is 711. The number of para-hydroxylation sites is 1. The molecule has 0 aliphatic heterocycles. The number of thiazole rings is 1. The minimum absolute atomic E-state index is 0.785. The van der Waals surface area contributed by atoms with Gasteiger partial charge in [0.05, 0.1) is 10.2 Å². The van der Waals surface area contributed by atoms with Crippen LogP contribution in [-0.4, -0.2) is 4.98 Å². The van der Waals surface area contributed by atoms with E-state index < -0.39 is 0 Å². The quantitative estimate of drug-likeness (QED) is 0.653. The first-order chi connectivity index (χ1) is 9.19. The van der Waals surface area contributed by atoms with E-state index in [2.05, 4.69) is 56.8 Å². The Labute approximate surface area is 122 Å². The van der Waals surface area contributed by atoms with Crippen molar-refractivity contribution in [3.8, 4) is 10.6 Å². The van der Waals surface area contributed by atoms with Crippen LogP contribution in [0.2, 0.25) is 0 Å². The minimum Gasteiger partial charge on any atom is -0.236 e. The first-order valence-electron chi connectivity index (χ1n) is 6.26. The lowest BCUT2D eigenvalue weighted by Crippen LogP contribution is -1.90. The maximum absolute atomic E-state index is 4.74. The monoisotopic (exact) mass is 285 g/mol. The van der Waals surface area contributed by atoms with Crippen LogP contribution in [0.4, 0.5) is 0 Å². The van der Waals surface area contributed by atoms with Crippen molar-refractivity contribution in [1.29, 1.82) is 0 Å². The average molecular weight is 285 g/mol. The molecule has 0 unspecified atom stereocenters. The van der Waals surface area contributed by atoms with Gasteiger partial charge >= 0.3 is 0 Å². The molecule has 0 spiro atoms. The van der Waals surface area contributed by atoms with Crippen molar-refractivity contribution < 1.29 is 0 Å². The van der Waals surface area contributed by atoms with E-state index in [9.17, 15) is 0 Å². The number of benzene rings is 2. The molecule has 19 heavy (non-hydrogen) atoms. The van der Waals surface area contributed by atoms with Gasteiger partial charge < -0.3 is 0 Å². The van der Waals surface area contributed by atoms with Gasteiger partial charge in [0.2, 0.25) is 0 Å². The minimum atomic E-state index is 0.785. The molecule has 1 nitrogen and oxygen atoms in total. The zero-order valence-corrected chi connectivity index (χ0v) is 12.7. The number of rotatable bonds is 2. The number of aromatic nitrogens is 1. The van der Waals surface area contributed by atoms with Crippen molar-refractivity contribution >= 4 is 34.2 Å². The first kappa shape index (κ1) is 12.7. The number of thiol groups is 1. The normalized spacial score (nSPS) is 11.1.